The number of nitrogens with zero attached hydrogens (tertiary/aromatic N) is 1. The number of rotatable bonds is 3. The van der Waals surface area contributed by atoms with Crippen molar-refractivity contribution in [3.05, 3.63) is 58.4 Å². The van der Waals surface area contributed by atoms with E-state index in [-0.39, 0.29) is 17.9 Å². The van der Waals surface area contributed by atoms with E-state index < -0.39 is 5.82 Å². The van der Waals surface area contributed by atoms with E-state index in [1.807, 2.05) is 6.07 Å². The lowest BCUT2D eigenvalue weighted by Gasteiger charge is -2.09. The molecule has 5 heteroatoms. The minimum Gasteiger partial charge on any atom is -0.486 e. The highest BCUT2D eigenvalue weighted by atomic mass is 35.5. The molecule has 0 atom stereocenters. The van der Waals surface area contributed by atoms with Crippen molar-refractivity contribution >= 4 is 17.3 Å². The Morgan fingerprint density at radius 3 is 2.68 bits per heavy atom. The van der Waals surface area contributed by atoms with Gasteiger partial charge in [0.2, 0.25) is 0 Å². The Balaban J connectivity index is 2.13. The second kappa shape index (κ2) is 5.59. The molecule has 0 amide bonds. The first-order chi connectivity index (χ1) is 9.10. The van der Waals surface area contributed by atoms with Crippen LogP contribution < -0.4 is 10.5 Å². The molecule has 0 radical (unpaired) electrons. The summed E-state index contributed by atoms with van der Waals surface area (Å²) in [6.07, 6.45) is 0. The molecule has 2 aromatic carbocycles. The molecule has 0 fully saturated rings. The standard InChI is InChI=1S/C14H10ClFN2O/c15-11-3-2-10(13(18)6-11)8-19-14-4-1-9(7-17)5-12(14)16/h1-6H,8,18H2. The first-order valence-corrected chi connectivity index (χ1v) is 5.84. The van der Waals surface area contributed by atoms with E-state index in [2.05, 4.69) is 0 Å². The normalized spacial score (nSPS) is 9.95. The Kier molecular flexibility index (Phi) is 3.88. The summed E-state index contributed by atoms with van der Waals surface area (Å²) in [6, 6.07) is 10.9. The Morgan fingerprint density at radius 1 is 1.26 bits per heavy atom. The summed E-state index contributed by atoms with van der Waals surface area (Å²) in [7, 11) is 0. The molecule has 0 heterocycles. The van der Waals surface area contributed by atoms with Gasteiger partial charge in [0.1, 0.15) is 6.61 Å². The van der Waals surface area contributed by atoms with E-state index in [1.165, 1.54) is 12.1 Å². The fourth-order valence-electron chi connectivity index (χ4n) is 1.54. The number of benzene rings is 2. The molecule has 96 valence electrons. The van der Waals surface area contributed by atoms with Gasteiger partial charge in [-0.1, -0.05) is 17.7 Å². The predicted molar refractivity (Wildman–Crippen MR) is 71.3 cm³/mol. The van der Waals surface area contributed by atoms with E-state index in [9.17, 15) is 4.39 Å². The van der Waals surface area contributed by atoms with E-state index in [4.69, 9.17) is 27.3 Å². The van der Waals surface area contributed by atoms with Gasteiger partial charge in [-0.25, -0.2) is 4.39 Å². The van der Waals surface area contributed by atoms with Crippen LogP contribution in [0.3, 0.4) is 0 Å². The van der Waals surface area contributed by atoms with Crippen LogP contribution in [-0.4, -0.2) is 0 Å². The van der Waals surface area contributed by atoms with Crippen molar-refractivity contribution in [2.45, 2.75) is 6.61 Å². The summed E-state index contributed by atoms with van der Waals surface area (Å²) in [5.74, 6) is -0.500. The fraction of sp³-hybridized carbons (Fsp3) is 0.0714. The third kappa shape index (κ3) is 3.15. The number of nitriles is 1. The maximum atomic E-state index is 13.6. The van der Waals surface area contributed by atoms with Gasteiger partial charge in [-0.3, -0.25) is 0 Å². The highest BCUT2D eigenvalue weighted by molar-refractivity contribution is 6.30. The highest BCUT2D eigenvalue weighted by Crippen LogP contribution is 2.22. The van der Waals surface area contributed by atoms with Gasteiger partial charge in [0.15, 0.2) is 11.6 Å². The number of hydrogen-bond donors (Lipinski definition) is 1. The van der Waals surface area contributed by atoms with Crippen molar-refractivity contribution in [1.29, 1.82) is 5.26 Å². The third-order valence-electron chi connectivity index (χ3n) is 2.55. The molecule has 0 saturated heterocycles. The predicted octanol–water partition coefficient (Wildman–Crippen LogP) is 3.51. The smallest absolute Gasteiger partial charge is 0.166 e. The van der Waals surface area contributed by atoms with Crippen LogP contribution in [0.5, 0.6) is 5.75 Å². The van der Waals surface area contributed by atoms with Crippen LogP contribution in [0.1, 0.15) is 11.1 Å². The number of halogens is 2. The van der Waals surface area contributed by atoms with Crippen LogP contribution in [0.2, 0.25) is 5.02 Å². The Labute approximate surface area is 115 Å². The van der Waals surface area contributed by atoms with Crippen molar-refractivity contribution in [3.8, 4) is 11.8 Å². The number of hydrogen-bond acceptors (Lipinski definition) is 3. The minimum atomic E-state index is -0.577. The van der Waals surface area contributed by atoms with Gasteiger partial charge in [-0.05, 0) is 30.3 Å². The van der Waals surface area contributed by atoms with Gasteiger partial charge in [-0.15, -0.1) is 0 Å². The molecule has 0 aliphatic carbocycles. The number of anilines is 1. The molecule has 3 nitrogen and oxygen atoms in total. The SMILES string of the molecule is N#Cc1ccc(OCc2ccc(Cl)cc2N)c(F)c1. The van der Waals surface area contributed by atoms with Gasteiger partial charge in [0.25, 0.3) is 0 Å². The van der Waals surface area contributed by atoms with E-state index in [0.29, 0.717) is 16.3 Å². The summed E-state index contributed by atoms with van der Waals surface area (Å²) in [4.78, 5) is 0. The van der Waals surface area contributed by atoms with Crippen LogP contribution in [0, 0.1) is 17.1 Å². The second-order valence-electron chi connectivity index (χ2n) is 3.89. The Morgan fingerprint density at radius 2 is 2.05 bits per heavy atom. The molecule has 2 rings (SSSR count). The third-order valence-corrected chi connectivity index (χ3v) is 2.79. The summed E-state index contributed by atoms with van der Waals surface area (Å²) in [5.41, 5.74) is 7.22. The summed E-state index contributed by atoms with van der Waals surface area (Å²) < 4.78 is 18.9. The van der Waals surface area contributed by atoms with Crippen molar-refractivity contribution < 1.29 is 9.13 Å². The Hall–Kier alpha value is -2.25. The van der Waals surface area contributed by atoms with Crippen molar-refractivity contribution in [1.82, 2.24) is 0 Å². The van der Waals surface area contributed by atoms with Gasteiger partial charge in [-0.2, -0.15) is 5.26 Å². The Bertz CT molecular complexity index is 652. The second-order valence-corrected chi connectivity index (χ2v) is 4.33. The zero-order chi connectivity index (χ0) is 13.8. The van der Waals surface area contributed by atoms with E-state index in [1.54, 1.807) is 18.2 Å². The molecule has 0 spiro atoms. The van der Waals surface area contributed by atoms with Crippen LogP contribution >= 0.6 is 11.6 Å². The van der Waals surface area contributed by atoms with Crippen LogP contribution in [0.25, 0.3) is 0 Å². The monoisotopic (exact) mass is 276 g/mol. The minimum absolute atomic E-state index is 0.0772. The zero-order valence-corrected chi connectivity index (χ0v) is 10.6. The van der Waals surface area contributed by atoms with E-state index >= 15 is 0 Å². The molecule has 0 unspecified atom stereocenters. The average Bonchev–Trinajstić information content (AvgIpc) is 2.39. The molecule has 0 saturated carbocycles. The summed E-state index contributed by atoms with van der Waals surface area (Å²) >= 11 is 5.78. The number of nitrogen functional groups attached to an aromatic ring is 1. The van der Waals surface area contributed by atoms with Crippen molar-refractivity contribution in [3.63, 3.8) is 0 Å². The first-order valence-electron chi connectivity index (χ1n) is 5.46. The number of ether oxygens (including phenoxy) is 1. The topological polar surface area (TPSA) is 59.0 Å². The lowest BCUT2D eigenvalue weighted by atomic mass is 10.2. The lowest BCUT2D eigenvalue weighted by molar-refractivity contribution is 0.291. The number of nitrogens with two attached hydrogens (primary N) is 1. The van der Waals surface area contributed by atoms with Crippen LogP contribution in [0.4, 0.5) is 10.1 Å². The van der Waals surface area contributed by atoms with Crippen molar-refractivity contribution in [2.75, 3.05) is 5.73 Å². The molecule has 0 aliphatic rings. The summed E-state index contributed by atoms with van der Waals surface area (Å²) in [6.45, 7) is 0.131. The molecule has 0 bridgehead atoms. The maximum Gasteiger partial charge on any atom is 0.166 e. The summed E-state index contributed by atoms with van der Waals surface area (Å²) in [5, 5.41) is 9.17. The van der Waals surface area contributed by atoms with Gasteiger partial charge < -0.3 is 10.5 Å². The lowest BCUT2D eigenvalue weighted by Crippen LogP contribution is -2.01. The highest BCUT2D eigenvalue weighted by Gasteiger charge is 2.06. The van der Waals surface area contributed by atoms with Crippen LogP contribution in [0.15, 0.2) is 36.4 Å². The van der Waals surface area contributed by atoms with Crippen LogP contribution in [-0.2, 0) is 6.61 Å². The molecule has 0 aromatic heterocycles. The molecule has 0 aliphatic heterocycles. The average molecular weight is 277 g/mol. The largest absolute Gasteiger partial charge is 0.486 e. The maximum absolute atomic E-state index is 13.6. The molecule has 2 aromatic rings. The first kappa shape index (κ1) is 13.2. The molecular formula is C14H10ClFN2O. The van der Waals surface area contributed by atoms with Gasteiger partial charge >= 0.3 is 0 Å². The van der Waals surface area contributed by atoms with Gasteiger partial charge in [0.05, 0.1) is 11.6 Å². The van der Waals surface area contributed by atoms with Gasteiger partial charge in [0, 0.05) is 16.3 Å². The molecule has 2 N–H and O–H groups in total. The fourth-order valence-corrected chi connectivity index (χ4v) is 1.72. The van der Waals surface area contributed by atoms with Crippen molar-refractivity contribution in [2.24, 2.45) is 0 Å². The molecule has 19 heavy (non-hydrogen) atoms. The van der Waals surface area contributed by atoms with E-state index in [0.717, 1.165) is 6.07 Å². The quantitative estimate of drug-likeness (QED) is 0.873. The zero-order valence-electron chi connectivity index (χ0n) is 9.86. The molecular weight excluding hydrogens is 267 g/mol.